The Morgan fingerprint density at radius 2 is 1.53 bits per heavy atom. The number of aryl methyl sites for hydroxylation is 1. The number of nitrogens with one attached hydrogen (secondary N) is 1. The van der Waals surface area contributed by atoms with Crippen LogP contribution in [-0.2, 0) is 6.42 Å². The molecule has 0 bridgehead atoms. The lowest BCUT2D eigenvalue weighted by Gasteiger charge is -2.25. The highest BCUT2D eigenvalue weighted by molar-refractivity contribution is 5.39. The van der Waals surface area contributed by atoms with E-state index in [1.54, 1.807) is 11.1 Å². The van der Waals surface area contributed by atoms with Crippen molar-refractivity contribution in [3.8, 4) is 0 Å². The molecule has 0 spiro atoms. The average molecular weight is 253 g/mol. The molecule has 1 atom stereocenters. The van der Waals surface area contributed by atoms with Crippen molar-refractivity contribution in [2.75, 3.05) is 14.1 Å². The Bertz CT molecular complexity index is 490. The van der Waals surface area contributed by atoms with Crippen molar-refractivity contribution >= 4 is 0 Å². The molecule has 0 fully saturated rings. The van der Waals surface area contributed by atoms with Crippen molar-refractivity contribution in [1.82, 2.24) is 5.32 Å². The fourth-order valence-corrected chi connectivity index (χ4v) is 2.79. The second kappa shape index (κ2) is 7.10. The molecular weight excluding hydrogens is 230 g/mol. The minimum absolute atomic E-state index is 0.617. The highest BCUT2D eigenvalue weighted by Crippen LogP contribution is 2.36. The largest absolute Gasteiger partial charge is 0.323 e. The molecule has 2 aromatic carbocycles. The van der Waals surface area contributed by atoms with Crippen LogP contribution in [0.1, 0.15) is 35.4 Å². The van der Waals surface area contributed by atoms with Gasteiger partial charge in [-0.3, -0.25) is 0 Å². The van der Waals surface area contributed by atoms with E-state index in [0.29, 0.717) is 5.92 Å². The molecule has 0 saturated carbocycles. The first-order valence-electron chi connectivity index (χ1n) is 7.08. The molecule has 1 heteroatoms. The van der Waals surface area contributed by atoms with E-state index in [2.05, 4.69) is 59.9 Å². The lowest BCUT2D eigenvalue weighted by molar-refractivity contribution is 0.616. The van der Waals surface area contributed by atoms with Crippen LogP contribution in [0.4, 0.5) is 0 Å². The van der Waals surface area contributed by atoms with Crippen molar-refractivity contribution in [3.63, 3.8) is 0 Å². The molecule has 1 aliphatic rings. The van der Waals surface area contributed by atoms with Crippen molar-refractivity contribution in [2.24, 2.45) is 0 Å². The zero-order chi connectivity index (χ0) is 13.5. The number of benzene rings is 2. The summed E-state index contributed by atoms with van der Waals surface area (Å²) in [5.41, 5.74) is 4.55. The van der Waals surface area contributed by atoms with Crippen LogP contribution < -0.4 is 5.32 Å². The van der Waals surface area contributed by atoms with E-state index in [4.69, 9.17) is 0 Å². The highest BCUT2D eigenvalue weighted by atomic mass is 14.7. The molecule has 0 amide bonds. The van der Waals surface area contributed by atoms with Gasteiger partial charge in [0, 0.05) is 5.92 Å². The Kier molecular flexibility index (Phi) is 5.17. The Hall–Kier alpha value is -1.60. The quantitative estimate of drug-likeness (QED) is 0.810. The van der Waals surface area contributed by atoms with E-state index in [9.17, 15) is 0 Å². The second-order valence-corrected chi connectivity index (χ2v) is 5.05. The zero-order valence-corrected chi connectivity index (χ0v) is 11.9. The highest BCUT2D eigenvalue weighted by Gasteiger charge is 2.20. The molecule has 3 rings (SSSR count). The minimum atomic E-state index is 0.617. The van der Waals surface area contributed by atoms with E-state index in [-0.39, 0.29) is 0 Å². The maximum Gasteiger partial charge on any atom is 0.00921 e. The minimum Gasteiger partial charge on any atom is -0.323 e. The standard InChI is InChI=1S/C16H16.C2H7N/c1-2-7-13(8-3-1)16-12-6-10-14-9-4-5-11-15(14)16;1-3-2/h1-5,7-9,11,16H,6,10,12H2;3H,1-2H3. The van der Waals surface area contributed by atoms with E-state index in [1.807, 2.05) is 14.1 Å². The summed E-state index contributed by atoms with van der Waals surface area (Å²) in [6.07, 6.45) is 3.86. The van der Waals surface area contributed by atoms with Crippen LogP contribution in [-0.4, -0.2) is 14.1 Å². The molecule has 19 heavy (non-hydrogen) atoms. The van der Waals surface area contributed by atoms with Crippen LogP contribution in [0.25, 0.3) is 0 Å². The Morgan fingerprint density at radius 3 is 2.26 bits per heavy atom. The van der Waals surface area contributed by atoms with E-state index in [0.717, 1.165) is 0 Å². The van der Waals surface area contributed by atoms with Crippen molar-refractivity contribution in [3.05, 3.63) is 71.3 Å². The lowest BCUT2D eigenvalue weighted by atomic mass is 9.79. The van der Waals surface area contributed by atoms with Crippen molar-refractivity contribution in [1.29, 1.82) is 0 Å². The van der Waals surface area contributed by atoms with Crippen molar-refractivity contribution in [2.45, 2.75) is 25.2 Å². The second-order valence-electron chi connectivity index (χ2n) is 5.05. The third-order valence-electron chi connectivity index (χ3n) is 3.57. The van der Waals surface area contributed by atoms with Gasteiger partial charge in [-0.2, -0.15) is 0 Å². The summed E-state index contributed by atoms with van der Waals surface area (Å²) in [5, 5.41) is 2.75. The fourth-order valence-electron chi connectivity index (χ4n) is 2.79. The maximum absolute atomic E-state index is 2.75. The summed E-state index contributed by atoms with van der Waals surface area (Å²) in [7, 11) is 3.75. The Morgan fingerprint density at radius 1 is 0.895 bits per heavy atom. The van der Waals surface area contributed by atoms with Gasteiger partial charge in [-0.25, -0.2) is 0 Å². The molecule has 100 valence electrons. The smallest absolute Gasteiger partial charge is 0.00921 e. The molecule has 0 aliphatic heterocycles. The third kappa shape index (κ3) is 3.45. The summed E-state index contributed by atoms with van der Waals surface area (Å²) in [4.78, 5) is 0. The van der Waals surface area contributed by atoms with Gasteiger partial charge in [0.2, 0.25) is 0 Å². The van der Waals surface area contributed by atoms with Gasteiger partial charge in [0.1, 0.15) is 0 Å². The summed E-state index contributed by atoms with van der Waals surface area (Å²) in [6, 6.07) is 19.8. The molecule has 0 heterocycles. The van der Waals surface area contributed by atoms with Crippen LogP contribution in [0.5, 0.6) is 0 Å². The van der Waals surface area contributed by atoms with Crippen LogP contribution >= 0.6 is 0 Å². The van der Waals surface area contributed by atoms with Gasteiger partial charge in [0.25, 0.3) is 0 Å². The van der Waals surface area contributed by atoms with Gasteiger partial charge < -0.3 is 5.32 Å². The molecule has 1 aliphatic carbocycles. The predicted molar refractivity (Wildman–Crippen MR) is 82.6 cm³/mol. The first-order chi connectivity index (χ1) is 9.36. The van der Waals surface area contributed by atoms with Crippen LogP contribution in [0, 0.1) is 0 Å². The summed E-state index contributed by atoms with van der Waals surface area (Å²) in [6.45, 7) is 0. The number of fused-ring (bicyclic) bond motifs is 1. The third-order valence-corrected chi connectivity index (χ3v) is 3.57. The predicted octanol–water partition coefficient (Wildman–Crippen LogP) is 3.99. The van der Waals surface area contributed by atoms with Gasteiger partial charge >= 0.3 is 0 Å². The van der Waals surface area contributed by atoms with E-state index >= 15 is 0 Å². The van der Waals surface area contributed by atoms with Crippen LogP contribution in [0.2, 0.25) is 0 Å². The molecule has 1 unspecified atom stereocenters. The van der Waals surface area contributed by atoms with E-state index in [1.165, 1.54) is 24.8 Å². The Labute approximate surface area is 116 Å². The summed E-state index contributed by atoms with van der Waals surface area (Å²) in [5.74, 6) is 0.617. The number of rotatable bonds is 1. The average Bonchev–Trinajstić information content (AvgIpc) is 2.48. The maximum atomic E-state index is 2.75. The number of hydrogen-bond donors (Lipinski definition) is 1. The first-order valence-corrected chi connectivity index (χ1v) is 7.08. The molecular formula is C18H23N. The zero-order valence-electron chi connectivity index (χ0n) is 11.9. The normalized spacial score (nSPS) is 17.1. The molecule has 2 aromatic rings. The monoisotopic (exact) mass is 253 g/mol. The topological polar surface area (TPSA) is 12.0 Å². The Balaban J connectivity index is 0.000000408. The van der Waals surface area contributed by atoms with Crippen molar-refractivity contribution < 1.29 is 0 Å². The fraction of sp³-hybridized carbons (Fsp3) is 0.333. The van der Waals surface area contributed by atoms with Gasteiger partial charge in [-0.05, 0) is 50.0 Å². The molecule has 0 radical (unpaired) electrons. The number of hydrogen-bond acceptors (Lipinski definition) is 1. The molecule has 1 N–H and O–H groups in total. The lowest BCUT2D eigenvalue weighted by Crippen LogP contribution is -2.10. The molecule has 1 nitrogen and oxygen atoms in total. The molecule has 0 aromatic heterocycles. The van der Waals surface area contributed by atoms with E-state index < -0.39 is 0 Å². The molecule has 0 saturated heterocycles. The van der Waals surface area contributed by atoms with Crippen LogP contribution in [0.15, 0.2) is 54.6 Å². The van der Waals surface area contributed by atoms with Gasteiger partial charge in [0.15, 0.2) is 0 Å². The summed E-state index contributed by atoms with van der Waals surface area (Å²) < 4.78 is 0. The first kappa shape index (κ1) is 13.8. The summed E-state index contributed by atoms with van der Waals surface area (Å²) >= 11 is 0. The van der Waals surface area contributed by atoms with Gasteiger partial charge in [-0.1, -0.05) is 54.6 Å². The van der Waals surface area contributed by atoms with Crippen LogP contribution in [0.3, 0.4) is 0 Å². The van der Waals surface area contributed by atoms with Gasteiger partial charge in [-0.15, -0.1) is 0 Å². The van der Waals surface area contributed by atoms with Gasteiger partial charge in [0.05, 0.1) is 0 Å². The SMILES string of the molecule is CNC.c1ccc(C2CCCc3ccccc32)cc1.